The van der Waals surface area contributed by atoms with Gasteiger partial charge in [-0.25, -0.2) is 0 Å². The average molecular weight is 1090 g/mol. The van der Waals surface area contributed by atoms with Gasteiger partial charge in [-0.1, -0.05) is 321 Å². The number of quaternary nitrogens is 1. The number of likely N-dealkylation sites (N-methyl/N-ethyl adjacent to an activating group) is 1. The molecule has 0 aromatic heterocycles. The number of phosphoric ester groups is 1. The molecule has 8 nitrogen and oxygen atoms in total. The van der Waals surface area contributed by atoms with Gasteiger partial charge in [0.2, 0.25) is 5.91 Å². The van der Waals surface area contributed by atoms with Gasteiger partial charge in [-0.2, -0.15) is 0 Å². The molecule has 0 rings (SSSR count). The van der Waals surface area contributed by atoms with Gasteiger partial charge in [0.1, 0.15) is 13.2 Å². The van der Waals surface area contributed by atoms with Crippen LogP contribution in [-0.4, -0.2) is 68.5 Å². The van der Waals surface area contributed by atoms with Gasteiger partial charge in [-0.05, 0) is 44.9 Å². The first-order valence-electron chi connectivity index (χ1n) is 33.7. The van der Waals surface area contributed by atoms with E-state index in [4.69, 9.17) is 9.05 Å². The minimum Gasteiger partial charge on any atom is -0.756 e. The fraction of sp³-hybridized carbons (Fsp3) is 0.925. The van der Waals surface area contributed by atoms with Crippen molar-refractivity contribution in [1.82, 2.24) is 5.32 Å². The molecule has 452 valence electrons. The first-order valence-corrected chi connectivity index (χ1v) is 35.1. The second-order valence-corrected chi connectivity index (χ2v) is 25.9. The Balaban J connectivity index is 4.02. The maximum atomic E-state index is 13.0. The summed E-state index contributed by atoms with van der Waals surface area (Å²) in [4.78, 5) is 25.6. The van der Waals surface area contributed by atoms with Crippen LogP contribution in [0.3, 0.4) is 0 Å². The van der Waals surface area contributed by atoms with E-state index in [-0.39, 0.29) is 19.1 Å². The number of amides is 1. The number of aliphatic hydroxyl groups excluding tert-OH is 1. The van der Waals surface area contributed by atoms with Crippen molar-refractivity contribution >= 4 is 13.7 Å². The highest BCUT2D eigenvalue weighted by atomic mass is 31.2. The Bertz CT molecular complexity index is 1290. The Morgan fingerprint density at radius 2 is 0.763 bits per heavy atom. The van der Waals surface area contributed by atoms with E-state index in [1.807, 2.05) is 21.1 Å². The number of nitrogens with one attached hydrogen (secondary N) is 1. The lowest BCUT2D eigenvalue weighted by molar-refractivity contribution is -0.870. The molecule has 0 heterocycles. The number of rotatable bonds is 63. The van der Waals surface area contributed by atoms with Crippen LogP contribution in [0.25, 0.3) is 0 Å². The van der Waals surface area contributed by atoms with Gasteiger partial charge in [-0.3, -0.25) is 9.36 Å². The van der Waals surface area contributed by atoms with Crippen LogP contribution in [0.4, 0.5) is 0 Å². The van der Waals surface area contributed by atoms with Gasteiger partial charge in [0, 0.05) is 6.42 Å². The summed E-state index contributed by atoms with van der Waals surface area (Å²) < 4.78 is 23.5. The van der Waals surface area contributed by atoms with Gasteiger partial charge in [0.15, 0.2) is 0 Å². The highest BCUT2D eigenvalue weighted by Crippen LogP contribution is 2.38. The van der Waals surface area contributed by atoms with Gasteiger partial charge in [0.25, 0.3) is 7.82 Å². The fourth-order valence-corrected chi connectivity index (χ4v) is 11.2. The number of unbranched alkanes of at least 4 members (excludes halogenated alkanes) is 46. The molecule has 0 spiro atoms. The molecular formula is C67H133N2O6P. The Kier molecular flexibility index (Phi) is 57.8. The van der Waals surface area contributed by atoms with Crippen molar-refractivity contribution in [2.24, 2.45) is 0 Å². The summed E-state index contributed by atoms with van der Waals surface area (Å²) in [7, 11) is 1.32. The third kappa shape index (κ3) is 60.6. The third-order valence-electron chi connectivity index (χ3n) is 15.7. The van der Waals surface area contributed by atoms with E-state index in [9.17, 15) is 19.4 Å². The van der Waals surface area contributed by atoms with Crippen molar-refractivity contribution in [3.05, 3.63) is 24.3 Å². The van der Waals surface area contributed by atoms with E-state index in [2.05, 4.69) is 43.5 Å². The minimum atomic E-state index is -4.58. The first kappa shape index (κ1) is 75.0. The topological polar surface area (TPSA) is 108 Å². The molecule has 0 aromatic rings. The Morgan fingerprint density at radius 3 is 1.09 bits per heavy atom. The van der Waals surface area contributed by atoms with Crippen LogP contribution in [0.5, 0.6) is 0 Å². The molecule has 9 heteroatoms. The van der Waals surface area contributed by atoms with E-state index in [1.54, 1.807) is 0 Å². The zero-order valence-electron chi connectivity index (χ0n) is 51.7. The molecular weight excluding hydrogens is 960 g/mol. The number of phosphoric acid groups is 1. The SMILES string of the molecule is CCCCCCC/C=C\C/C=C\CCCCCCCCCCCCCC(=O)NC(COP(=O)([O-])OCC[N+](C)(C)C)C(O)CCCCCCCCCCCCCCCCCCCCCCCCCCCCCCCCC. The molecule has 0 aliphatic rings. The number of aliphatic hydroxyl groups is 1. The highest BCUT2D eigenvalue weighted by Gasteiger charge is 2.24. The fourth-order valence-electron chi connectivity index (χ4n) is 10.4. The van der Waals surface area contributed by atoms with Gasteiger partial charge < -0.3 is 28.8 Å². The summed E-state index contributed by atoms with van der Waals surface area (Å²) in [5.41, 5.74) is 0. The Labute approximate surface area is 474 Å². The minimum absolute atomic E-state index is 0.0134. The van der Waals surface area contributed by atoms with Crippen molar-refractivity contribution in [1.29, 1.82) is 0 Å². The molecule has 0 aliphatic carbocycles. The van der Waals surface area contributed by atoms with Crippen LogP contribution in [0.1, 0.15) is 348 Å². The number of allylic oxidation sites excluding steroid dienone is 4. The molecule has 0 saturated carbocycles. The molecule has 0 bridgehead atoms. The Morgan fingerprint density at radius 1 is 0.461 bits per heavy atom. The number of nitrogens with zero attached hydrogens (tertiary/aromatic N) is 1. The van der Waals surface area contributed by atoms with Crippen LogP contribution in [-0.2, 0) is 18.4 Å². The number of carbonyl (C=O) groups excluding carboxylic acids is 1. The molecule has 0 radical (unpaired) electrons. The standard InChI is InChI=1S/C67H133N2O6P/c1-6-8-10-12-14-16-18-20-22-24-26-28-30-31-32-33-34-35-36-37-39-40-42-44-46-48-50-52-54-56-58-60-66(70)65(64-75-76(72,73)74-63-62-69(3,4)5)68-67(71)61-59-57-55-53-51-49-47-45-43-41-38-29-27-25-23-21-19-17-15-13-11-9-7-2/h19,21,25,27,65-66,70H,6-18,20,22-24,26,28-64H2,1-5H3,(H-,68,71,72,73)/b21-19-,27-25-. The third-order valence-corrected chi connectivity index (χ3v) is 16.7. The summed E-state index contributed by atoms with van der Waals surface area (Å²) in [6.07, 6.45) is 75.3. The second kappa shape index (κ2) is 58.6. The van der Waals surface area contributed by atoms with Crippen molar-refractivity contribution in [3.63, 3.8) is 0 Å². The zero-order valence-corrected chi connectivity index (χ0v) is 52.6. The van der Waals surface area contributed by atoms with Crippen LogP contribution in [0.15, 0.2) is 24.3 Å². The molecule has 0 aliphatic heterocycles. The van der Waals surface area contributed by atoms with Gasteiger partial charge in [0.05, 0.1) is 39.9 Å². The highest BCUT2D eigenvalue weighted by molar-refractivity contribution is 7.45. The summed E-state index contributed by atoms with van der Waals surface area (Å²) in [5.74, 6) is -0.161. The van der Waals surface area contributed by atoms with E-state index in [0.29, 0.717) is 23.9 Å². The summed E-state index contributed by atoms with van der Waals surface area (Å²) in [5, 5.41) is 14.1. The van der Waals surface area contributed by atoms with Crippen molar-refractivity contribution in [2.45, 2.75) is 360 Å². The molecule has 2 N–H and O–H groups in total. The molecule has 1 amide bonds. The maximum Gasteiger partial charge on any atom is 0.268 e. The molecule has 0 aromatic carbocycles. The number of hydrogen-bond donors (Lipinski definition) is 2. The maximum absolute atomic E-state index is 13.0. The lowest BCUT2D eigenvalue weighted by Gasteiger charge is -2.30. The quantitative estimate of drug-likeness (QED) is 0.0272. The molecule has 3 atom stereocenters. The predicted octanol–water partition coefficient (Wildman–Crippen LogP) is 20.5. The van der Waals surface area contributed by atoms with E-state index >= 15 is 0 Å². The summed E-state index contributed by atoms with van der Waals surface area (Å²) in [6.45, 7) is 4.76. The van der Waals surface area contributed by atoms with Crippen LogP contribution in [0, 0.1) is 0 Å². The van der Waals surface area contributed by atoms with E-state index in [0.717, 1.165) is 44.9 Å². The molecule has 3 unspecified atom stereocenters. The smallest absolute Gasteiger partial charge is 0.268 e. The van der Waals surface area contributed by atoms with Crippen molar-refractivity contribution < 1.29 is 32.9 Å². The number of carbonyl (C=O) groups is 1. The van der Waals surface area contributed by atoms with Crippen LogP contribution >= 0.6 is 7.82 Å². The monoisotopic (exact) mass is 1090 g/mol. The molecule has 0 saturated heterocycles. The van der Waals surface area contributed by atoms with Crippen molar-refractivity contribution in [3.8, 4) is 0 Å². The van der Waals surface area contributed by atoms with Gasteiger partial charge >= 0.3 is 0 Å². The Hall–Kier alpha value is -1.02. The van der Waals surface area contributed by atoms with Crippen LogP contribution in [0.2, 0.25) is 0 Å². The van der Waals surface area contributed by atoms with E-state index in [1.165, 1.54) is 276 Å². The normalized spacial score (nSPS) is 13.8. The largest absolute Gasteiger partial charge is 0.756 e. The number of hydrogen-bond acceptors (Lipinski definition) is 6. The average Bonchev–Trinajstić information content (AvgIpc) is 3.38. The lowest BCUT2D eigenvalue weighted by atomic mass is 10.0. The van der Waals surface area contributed by atoms with Gasteiger partial charge in [-0.15, -0.1) is 0 Å². The first-order chi connectivity index (χ1) is 37.0. The summed E-state index contributed by atoms with van der Waals surface area (Å²) >= 11 is 0. The van der Waals surface area contributed by atoms with E-state index < -0.39 is 20.0 Å². The predicted molar refractivity (Wildman–Crippen MR) is 330 cm³/mol. The zero-order chi connectivity index (χ0) is 55.6. The molecule has 76 heavy (non-hydrogen) atoms. The summed E-state index contributed by atoms with van der Waals surface area (Å²) in [6, 6.07) is -0.802. The van der Waals surface area contributed by atoms with Crippen molar-refractivity contribution in [2.75, 3.05) is 40.9 Å². The lowest BCUT2D eigenvalue weighted by Crippen LogP contribution is -2.46. The van der Waals surface area contributed by atoms with Crippen LogP contribution < -0.4 is 10.2 Å². The molecule has 0 fully saturated rings. The second-order valence-electron chi connectivity index (χ2n) is 24.5.